The largest absolute Gasteiger partial charge is 0.338 e. The number of nitrogens with two attached hydrogens (primary N) is 1. The summed E-state index contributed by atoms with van der Waals surface area (Å²) in [4.78, 5) is 6.65. The molecule has 0 radical (unpaired) electrons. The minimum Gasteiger partial charge on any atom is -0.338 e. The predicted octanol–water partition coefficient (Wildman–Crippen LogP) is 1.27. The molecule has 0 saturated heterocycles. The normalized spacial score (nSPS) is 13.6. The molecule has 0 aliphatic carbocycles. The Morgan fingerprint density at radius 3 is 2.65 bits per heavy atom. The van der Waals surface area contributed by atoms with Crippen molar-refractivity contribution in [3.63, 3.8) is 0 Å². The van der Waals surface area contributed by atoms with Crippen LogP contribution in [0.2, 0.25) is 0 Å². The van der Waals surface area contributed by atoms with Crippen LogP contribution in [-0.2, 0) is 13.5 Å². The molecule has 1 aromatic rings. The highest BCUT2D eigenvalue weighted by Gasteiger charge is 2.09. The number of rotatable bonds is 7. The number of hydrogen-bond acceptors (Lipinski definition) is 3. The zero-order valence-corrected chi connectivity index (χ0v) is 11.6. The first-order chi connectivity index (χ1) is 8.00. The van der Waals surface area contributed by atoms with Crippen LogP contribution in [0.3, 0.4) is 0 Å². The third-order valence-electron chi connectivity index (χ3n) is 3.34. The van der Waals surface area contributed by atoms with Crippen LogP contribution in [0, 0.1) is 5.92 Å². The van der Waals surface area contributed by atoms with E-state index in [-0.39, 0.29) is 0 Å². The first-order valence-corrected chi connectivity index (χ1v) is 6.41. The van der Waals surface area contributed by atoms with Gasteiger partial charge in [-0.3, -0.25) is 0 Å². The molecule has 0 bridgehead atoms. The van der Waals surface area contributed by atoms with E-state index >= 15 is 0 Å². The van der Waals surface area contributed by atoms with E-state index in [1.165, 1.54) is 0 Å². The smallest absolute Gasteiger partial charge is 0.109 e. The molecule has 1 unspecified atom stereocenters. The molecule has 4 heteroatoms. The highest BCUT2D eigenvalue weighted by atomic mass is 15.1. The molecule has 0 aliphatic rings. The van der Waals surface area contributed by atoms with Crippen LogP contribution in [0.4, 0.5) is 0 Å². The fourth-order valence-corrected chi connectivity index (χ4v) is 1.74. The van der Waals surface area contributed by atoms with E-state index in [1.54, 1.807) is 0 Å². The summed E-state index contributed by atoms with van der Waals surface area (Å²) in [6.45, 7) is 6.45. The first kappa shape index (κ1) is 14.2. The Bertz CT molecular complexity index is 319. The lowest BCUT2D eigenvalue weighted by Crippen LogP contribution is -2.32. The minimum atomic E-state index is 0.311. The maximum atomic E-state index is 6.04. The fraction of sp³-hybridized carbons (Fsp3) is 0.769. The second-order valence-corrected chi connectivity index (χ2v) is 5.20. The third-order valence-corrected chi connectivity index (χ3v) is 3.34. The Labute approximate surface area is 105 Å². The van der Waals surface area contributed by atoms with Crippen molar-refractivity contribution in [3.8, 4) is 0 Å². The van der Waals surface area contributed by atoms with E-state index < -0.39 is 0 Å². The van der Waals surface area contributed by atoms with Crippen LogP contribution in [0.25, 0.3) is 0 Å². The van der Waals surface area contributed by atoms with Gasteiger partial charge in [-0.25, -0.2) is 4.98 Å². The zero-order chi connectivity index (χ0) is 12.8. The highest BCUT2D eigenvalue weighted by Crippen LogP contribution is 2.04. The van der Waals surface area contributed by atoms with Crippen LogP contribution in [0.1, 0.15) is 26.1 Å². The predicted molar refractivity (Wildman–Crippen MR) is 71.8 cm³/mol. The summed E-state index contributed by atoms with van der Waals surface area (Å²) in [7, 11) is 4.19. The highest BCUT2D eigenvalue weighted by molar-refractivity contribution is 4.91. The van der Waals surface area contributed by atoms with Crippen LogP contribution in [0.15, 0.2) is 12.4 Å². The Morgan fingerprint density at radius 2 is 2.12 bits per heavy atom. The second kappa shape index (κ2) is 6.77. The average molecular weight is 238 g/mol. The lowest BCUT2D eigenvalue weighted by Gasteiger charge is -2.21. The van der Waals surface area contributed by atoms with Crippen molar-refractivity contribution in [1.82, 2.24) is 14.5 Å². The molecule has 17 heavy (non-hydrogen) atoms. The van der Waals surface area contributed by atoms with Gasteiger partial charge in [0.05, 0.1) is 0 Å². The number of hydrogen-bond donors (Lipinski definition) is 1. The van der Waals surface area contributed by atoms with E-state index in [0.717, 1.165) is 31.8 Å². The van der Waals surface area contributed by atoms with Gasteiger partial charge < -0.3 is 15.2 Å². The standard InChI is InChI=1S/C13H26N4/c1-11(2)12(14)5-8-16(3)9-6-13-15-7-10-17(13)4/h7,10-12H,5-6,8-9,14H2,1-4H3. The number of aromatic nitrogens is 2. The Balaban J connectivity index is 2.22. The van der Waals surface area contributed by atoms with Crippen molar-refractivity contribution in [2.24, 2.45) is 18.7 Å². The minimum absolute atomic E-state index is 0.311. The Hall–Kier alpha value is -0.870. The van der Waals surface area contributed by atoms with Gasteiger partial charge in [0.25, 0.3) is 0 Å². The topological polar surface area (TPSA) is 47.1 Å². The molecular formula is C13H26N4. The van der Waals surface area contributed by atoms with E-state index in [1.807, 2.05) is 19.4 Å². The van der Waals surface area contributed by atoms with Crippen molar-refractivity contribution in [1.29, 1.82) is 0 Å². The van der Waals surface area contributed by atoms with E-state index in [4.69, 9.17) is 5.73 Å². The molecular weight excluding hydrogens is 212 g/mol. The second-order valence-electron chi connectivity index (χ2n) is 5.20. The zero-order valence-electron chi connectivity index (χ0n) is 11.6. The van der Waals surface area contributed by atoms with Gasteiger partial charge in [0.2, 0.25) is 0 Å². The van der Waals surface area contributed by atoms with Crippen LogP contribution in [0.5, 0.6) is 0 Å². The van der Waals surface area contributed by atoms with E-state index in [2.05, 4.69) is 35.3 Å². The van der Waals surface area contributed by atoms with Crippen LogP contribution >= 0.6 is 0 Å². The van der Waals surface area contributed by atoms with Crippen molar-refractivity contribution in [2.75, 3.05) is 20.1 Å². The third kappa shape index (κ3) is 4.88. The van der Waals surface area contributed by atoms with Crippen molar-refractivity contribution < 1.29 is 0 Å². The summed E-state index contributed by atoms with van der Waals surface area (Å²) < 4.78 is 2.08. The molecule has 0 amide bonds. The van der Waals surface area contributed by atoms with Gasteiger partial charge in [0, 0.05) is 38.4 Å². The Kier molecular flexibility index (Phi) is 5.65. The molecule has 1 atom stereocenters. The van der Waals surface area contributed by atoms with Crippen molar-refractivity contribution in [2.45, 2.75) is 32.7 Å². The molecule has 4 nitrogen and oxygen atoms in total. The molecule has 0 saturated carbocycles. The lowest BCUT2D eigenvalue weighted by atomic mass is 10.0. The van der Waals surface area contributed by atoms with Gasteiger partial charge >= 0.3 is 0 Å². The number of aryl methyl sites for hydroxylation is 1. The first-order valence-electron chi connectivity index (χ1n) is 6.41. The summed E-state index contributed by atoms with van der Waals surface area (Å²) in [5.74, 6) is 1.71. The summed E-state index contributed by atoms with van der Waals surface area (Å²) in [5.41, 5.74) is 6.04. The fourth-order valence-electron chi connectivity index (χ4n) is 1.74. The number of nitrogens with zero attached hydrogens (tertiary/aromatic N) is 3. The number of likely N-dealkylation sites (N-methyl/N-ethyl adjacent to an activating group) is 1. The van der Waals surface area contributed by atoms with E-state index in [0.29, 0.717) is 12.0 Å². The summed E-state index contributed by atoms with van der Waals surface area (Å²) in [6, 6.07) is 0.311. The molecule has 2 N–H and O–H groups in total. The molecule has 1 heterocycles. The quantitative estimate of drug-likeness (QED) is 0.778. The SMILES string of the molecule is CC(C)C(N)CCN(C)CCc1nccn1C. The maximum Gasteiger partial charge on any atom is 0.109 e. The summed E-state index contributed by atoms with van der Waals surface area (Å²) >= 11 is 0. The summed E-state index contributed by atoms with van der Waals surface area (Å²) in [5, 5.41) is 0. The van der Waals surface area contributed by atoms with Crippen LogP contribution < -0.4 is 5.73 Å². The van der Waals surface area contributed by atoms with Gasteiger partial charge in [-0.15, -0.1) is 0 Å². The number of imidazole rings is 1. The van der Waals surface area contributed by atoms with Crippen molar-refractivity contribution >= 4 is 0 Å². The van der Waals surface area contributed by atoms with Gasteiger partial charge in [0.1, 0.15) is 5.82 Å². The van der Waals surface area contributed by atoms with Gasteiger partial charge in [-0.05, 0) is 25.9 Å². The molecule has 98 valence electrons. The van der Waals surface area contributed by atoms with Gasteiger partial charge in [-0.2, -0.15) is 0 Å². The van der Waals surface area contributed by atoms with Crippen molar-refractivity contribution in [3.05, 3.63) is 18.2 Å². The summed E-state index contributed by atoms with van der Waals surface area (Å²) in [6.07, 6.45) is 5.90. The maximum absolute atomic E-state index is 6.04. The lowest BCUT2D eigenvalue weighted by molar-refractivity contribution is 0.303. The molecule has 1 rings (SSSR count). The van der Waals surface area contributed by atoms with Crippen LogP contribution in [-0.4, -0.2) is 40.6 Å². The van der Waals surface area contributed by atoms with E-state index in [9.17, 15) is 0 Å². The molecule has 1 aromatic heterocycles. The molecule has 0 fully saturated rings. The van der Waals surface area contributed by atoms with Gasteiger partial charge in [-0.1, -0.05) is 13.8 Å². The molecule has 0 aromatic carbocycles. The van der Waals surface area contributed by atoms with Gasteiger partial charge in [0.15, 0.2) is 0 Å². The monoisotopic (exact) mass is 238 g/mol. The molecule has 0 spiro atoms. The average Bonchev–Trinajstić information content (AvgIpc) is 2.68. The molecule has 0 aliphatic heterocycles. The Morgan fingerprint density at radius 1 is 1.41 bits per heavy atom.